The molecule has 0 aliphatic carbocycles. The number of ether oxygens (including phenoxy) is 1. The molecule has 108 valence electrons. The Morgan fingerprint density at radius 1 is 1.32 bits per heavy atom. The Morgan fingerprint density at radius 2 is 1.95 bits per heavy atom. The highest BCUT2D eigenvalue weighted by atomic mass is 19.4. The molecule has 1 aromatic heterocycles. The van der Waals surface area contributed by atoms with Gasteiger partial charge in [-0.15, -0.1) is 0 Å². The van der Waals surface area contributed by atoms with E-state index in [2.05, 4.69) is 9.88 Å². The van der Waals surface area contributed by atoms with E-state index in [4.69, 9.17) is 10.5 Å². The van der Waals surface area contributed by atoms with Gasteiger partial charge in [0, 0.05) is 12.6 Å². The van der Waals surface area contributed by atoms with Crippen LogP contribution >= 0.6 is 0 Å². The smallest absolute Gasteiger partial charge is 0.433 e. The number of anilines is 1. The average molecular weight is 277 g/mol. The molecule has 0 amide bonds. The van der Waals surface area contributed by atoms with Gasteiger partial charge in [-0.1, -0.05) is 13.8 Å². The first-order chi connectivity index (χ1) is 8.88. The van der Waals surface area contributed by atoms with Gasteiger partial charge in [-0.05, 0) is 13.1 Å². The highest BCUT2D eigenvalue weighted by Gasteiger charge is 2.33. The maximum Gasteiger partial charge on any atom is 0.433 e. The Hall–Kier alpha value is -1.50. The Bertz CT molecular complexity index is 406. The van der Waals surface area contributed by atoms with Gasteiger partial charge in [0.15, 0.2) is 0 Å². The Balaban J connectivity index is 2.67. The average Bonchev–Trinajstić information content (AvgIpc) is 2.35. The number of nitrogen functional groups attached to an aromatic ring is 1. The summed E-state index contributed by atoms with van der Waals surface area (Å²) >= 11 is 0. The molecule has 4 nitrogen and oxygen atoms in total. The molecule has 0 saturated heterocycles. The molecule has 0 fully saturated rings. The number of likely N-dealkylation sites (N-methyl/N-ethyl adjacent to an activating group) is 1. The van der Waals surface area contributed by atoms with Gasteiger partial charge in [-0.25, -0.2) is 4.98 Å². The highest BCUT2D eigenvalue weighted by molar-refractivity contribution is 5.51. The summed E-state index contributed by atoms with van der Waals surface area (Å²) in [5, 5.41) is 0. The van der Waals surface area contributed by atoms with Crippen LogP contribution in [0.5, 0.6) is 5.75 Å². The molecule has 1 aromatic rings. The van der Waals surface area contributed by atoms with Crippen LogP contribution in [-0.4, -0.2) is 36.1 Å². The van der Waals surface area contributed by atoms with Crippen molar-refractivity contribution in [3.8, 4) is 5.75 Å². The predicted molar refractivity (Wildman–Crippen MR) is 66.9 cm³/mol. The first-order valence-corrected chi connectivity index (χ1v) is 6.06. The van der Waals surface area contributed by atoms with Crippen LogP contribution < -0.4 is 10.5 Å². The second-order valence-electron chi connectivity index (χ2n) is 3.98. The molecule has 1 rings (SSSR count). The number of hydrogen-bond acceptors (Lipinski definition) is 4. The number of pyridine rings is 1. The summed E-state index contributed by atoms with van der Waals surface area (Å²) in [5.74, 6) is 0.0227. The minimum Gasteiger partial charge on any atom is -0.490 e. The van der Waals surface area contributed by atoms with Crippen molar-refractivity contribution >= 4 is 5.69 Å². The Labute approximate surface area is 110 Å². The van der Waals surface area contributed by atoms with Gasteiger partial charge in [-0.2, -0.15) is 13.2 Å². The van der Waals surface area contributed by atoms with Crippen molar-refractivity contribution < 1.29 is 17.9 Å². The third-order valence-corrected chi connectivity index (χ3v) is 2.74. The lowest BCUT2D eigenvalue weighted by Gasteiger charge is -2.18. The fourth-order valence-electron chi connectivity index (χ4n) is 1.55. The van der Waals surface area contributed by atoms with Crippen LogP contribution in [-0.2, 0) is 6.18 Å². The van der Waals surface area contributed by atoms with Gasteiger partial charge in [-0.3, -0.25) is 0 Å². The fourth-order valence-corrected chi connectivity index (χ4v) is 1.55. The maximum absolute atomic E-state index is 12.5. The zero-order valence-corrected chi connectivity index (χ0v) is 11.0. The van der Waals surface area contributed by atoms with Gasteiger partial charge < -0.3 is 15.4 Å². The quantitative estimate of drug-likeness (QED) is 0.867. The lowest BCUT2D eigenvalue weighted by atomic mass is 10.3. The van der Waals surface area contributed by atoms with Crippen molar-refractivity contribution in [3.63, 3.8) is 0 Å². The first kappa shape index (κ1) is 15.6. The van der Waals surface area contributed by atoms with Crippen LogP contribution in [0.1, 0.15) is 19.5 Å². The molecule has 0 bridgehead atoms. The van der Waals surface area contributed by atoms with Crippen LogP contribution in [0.15, 0.2) is 12.3 Å². The highest BCUT2D eigenvalue weighted by Crippen LogP contribution is 2.32. The molecule has 0 aliphatic heterocycles. The maximum atomic E-state index is 12.5. The van der Waals surface area contributed by atoms with Gasteiger partial charge in [0.1, 0.15) is 18.1 Å². The Morgan fingerprint density at radius 3 is 2.47 bits per heavy atom. The minimum absolute atomic E-state index is 0.0227. The number of hydrogen-bond donors (Lipinski definition) is 1. The largest absolute Gasteiger partial charge is 0.490 e. The fraction of sp³-hybridized carbons (Fsp3) is 0.583. The topological polar surface area (TPSA) is 51.4 Å². The van der Waals surface area contributed by atoms with E-state index >= 15 is 0 Å². The lowest BCUT2D eigenvalue weighted by molar-refractivity contribution is -0.141. The number of rotatable bonds is 6. The molecule has 0 radical (unpaired) electrons. The number of halogens is 3. The van der Waals surface area contributed by atoms with E-state index in [0.717, 1.165) is 25.4 Å². The van der Waals surface area contributed by atoms with Crippen LogP contribution in [0.4, 0.5) is 18.9 Å². The lowest BCUT2D eigenvalue weighted by Crippen LogP contribution is -2.28. The van der Waals surface area contributed by atoms with E-state index in [-0.39, 0.29) is 18.0 Å². The molecule has 0 spiro atoms. The summed E-state index contributed by atoms with van der Waals surface area (Å²) < 4.78 is 42.8. The molecule has 0 unspecified atom stereocenters. The molecule has 0 aromatic carbocycles. The zero-order chi connectivity index (χ0) is 14.5. The first-order valence-electron chi connectivity index (χ1n) is 6.06. The van der Waals surface area contributed by atoms with E-state index in [0.29, 0.717) is 6.54 Å². The van der Waals surface area contributed by atoms with E-state index in [1.54, 1.807) is 0 Å². The van der Waals surface area contributed by atoms with Crippen molar-refractivity contribution in [2.45, 2.75) is 20.0 Å². The molecule has 0 aliphatic rings. The third kappa shape index (κ3) is 4.59. The molecular formula is C12H18F3N3O. The van der Waals surface area contributed by atoms with Crippen LogP contribution in [0.3, 0.4) is 0 Å². The van der Waals surface area contributed by atoms with E-state index in [1.807, 2.05) is 13.8 Å². The summed E-state index contributed by atoms with van der Waals surface area (Å²) in [6.45, 7) is 6.65. The van der Waals surface area contributed by atoms with Crippen LogP contribution in [0, 0.1) is 0 Å². The monoisotopic (exact) mass is 277 g/mol. The van der Waals surface area contributed by atoms with Crippen LogP contribution in [0.25, 0.3) is 0 Å². The van der Waals surface area contributed by atoms with Gasteiger partial charge in [0.2, 0.25) is 0 Å². The van der Waals surface area contributed by atoms with E-state index in [9.17, 15) is 13.2 Å². The normalized spacial score (nSPS) is 11.9. The van der Waals surface area contributed by atoms with Gasteiger partial charge >= 0.3 is 6.18 Å². The van der Waals surface area contributed by atoms with Crippen molar-refractivity contribution in [1.29, 1.82) is 0 Å². The van der Waals surface area contributed by atoms with Crippen molar-refractivity contribution in [3.05, 3.63) is 18.0 Å². The second kappa shape index (κ2) is 6.60. The molecule has 0 saturated carbocycles. The molecule has 0 atom stereocenters. The molecule has 2 N–H and O–H groups in total. The summed E-state index contributed by atoms with van der Waals surface area (Å²) in [6.07, 6.45) is -3.53. The number of alkyl halides is 3. The summed E-state index contributed by atoms with van der Waals surface area (Å²) in [5.41, 5.74) is 4.65. The van der Waals surface area contributed by atoms with Crippen molar-refractivity contribution in [2.24, 2.45) is 0 Å². The van der Waals surface area contributed by atoms with Gasteiger partial charge in [0.05, 0.1) is 11.9 Å². The second-order valence-corrected chi connectivity index (χ2v) is 3.98. The molecular weight excluding hydrogens is 259 g/mol. The number of nitrogens with two attached hydrogens (primary N) is 1. The SMILES string of the molecule is CCN(CC)CCOc1cc(C(F)(F)F)ncc1N. The molecule has 7 heteroatoms. The minimum atomic E-state index is -4.50. The standard InChI is InChI=1S/C12H18F3N3O/c1-3-18(4-2)5-6-19-10-7-11(12(13,14)15)17-8-9(10)16/h7-8H,3-6,16H2,1-2H3. The van der Waals surface area contributed by atoms with Crippen molar-refractivity contribution in [2.75, 3.05) is 32.0 Å². The summed E-state index contributed by atoms with van der Waals surface area (Å²) in [4.78, 5) is 5.34. The zero-order valence-electron chi connectivity index (χ0n) is 11.0. The van der Waals surface area contributed by atoms with E-state index < -0.39 is 11.9 Å². The molecule has 19 heavy (non-hydrogen) atoms. The molecule has 1 heterocycles. The van der Waals surface area contributed by atoms with E-state index in [1.165, 1.54) is 0 Å². The summed E-state index contributed by atoms with van der Waals surface area (Å²) in [6, 6.07) is 0.831. The number of aromatic nitrogens is 1. The number of nitrogens with zero attached hydrogens (tertiary/aromatic N) is 2. The van der Waals surface area contributed by atoms with Gasteiger partial charge in [0.25, 0.3) is 0 Å². The van der Waals surface area contributed by atoms with Crippen LogP contribution in [0.2, 0.25) is 0 Å². The Kier molecular flexibility index (Phi) is 5.41. The summed E-state index contributed by atoms with van der Waals surface area (Å²) in [7, 11) is 0. The third-order valence-electron chi connectivity index (χ3n) is 2.74. The van der Waals surface area contributed by atoms with Crippen molar-refractivity contribution in [1.82, 2.24) is 9.88 Å². The predicted octanol–water partition coefficient (Wildman–Crippen LogP) is 2.40.